The smallest absolute Gasteiger partial charge is 0.410 e. The lowest BCUT2D eigenvalue weighted by molar-refractivity contribution is 0.0240. The molecule has 226 valence electrons. The van der Waals surface area contributed by atoms with E-state index in [-0.39, 0.29) is 11.0 Å². The molecule has 0 aliphatic carbocycles. The predicted molar refractivity (Wildman–Crippen MR) is 161 cm³/mol. The largest absolute Gasteiger partial charge is 0.444 e. The molecule has 0 atom stereocenters. The molecule has 42 heavy (non-hydrogen) atoms. The van der Waals surface area contributed by atoms with E-state index in [4.69, 9.17) is 9.26 Å². The molecule has 3 aromatic rings. The number of sulfonamides is 1. The Morgan fingerprint density at radius 2 is 1.57 bits per heavy atom. The van der Waals surface area contributed by atoms with Crippen molar-refractivity contribution < 1.29 is 22.5 Å². The van der Waals surface area contributed by atoms with Crippen molar-refractivity contribution in [1.29, 1.82) is 0 Å². The summed E-state index contributed by atoms with van der Waals surface area (Å²) in [5, 5.41) is 4.12. The zero-order chi connectivity index (χ0) is 29.7. The van der Waals surface area contributed by atoms with E-state index < -0.39 is 15.6 Å². The summed E-state index contributed by atoms with van der Waals surface area (Å²) in [5.74, 6) is 0.762. The van der Waals surface area contributed by atoms with E-state index in [0.29, 0.717) is 50.0 Å². The summed E-state index contributed by atoms with van der Waals surface area (Å²) in [6, 6.07) is 14.4. The lowest BCUT2D eigenvalue weighted by Crippen LogP contribution is -2.50. The first-order valence-corrected chi connectivity index (χ1v) is 16.1. The van der Waals surface area contributed by atoms with Gasteiger partial charge in [-0.15, -0.1) is 0 Å². The highest BCUT2D eigenvalue weighted by Gasteiger charge is 2.26. The highest BCUT2D eigenvalue weighted by molar-refractivity contribution is 7.89. The van der Waals surface area contributed by atoms with Crippen molar-refractivity contribution in [1.82, 2.24) is 24.7 Å². The summed E-state index contributed by atoms with van der Waals surface area (Å²) >= 11 is 0. The van der Waals surface area contributed by atoms with Crippen LogP contribution >= 0.6 is 0 Å². The summed E-state index contributed by atoms with van der Waals surface area (Å²) in [6.45, 7) is 11.8. The zero-order valence-corrected chi connectivity index (χ0v) is 25.4. The Morgan fingerprint density at radius 1 is 0.929 bits per heavy atom. The van der Waals surface area contributed by atoms with Gasteiger partial charge in [-0.05, 0) is 108 Å². The van der Waals surface area contributed by atoms with E-state index >= 15 is 0 Å². The van der Waals surface area contributed by atoms with Crippen molar-refractivity contribution in [3.8, 4) is 22.8 Å². The van der Waals surface area contributed by atoms with Gasteiger partial charge in [0.25, 0.3) is 5.89 Å². The average molecular weight is 597 g/mol. The lowest BCUT2D eigenvalue weighted by atomic mass is 10.1. The number of hydrogen-bond acceptors (Lipinski definition) is 9. The Labute approximate surface area is 247 Å². The lowest BCUT2D eigenvalue weighted by Gasteiger charge is -2.36. The number of benzene rings is 2. The van der Waals surface area contributed by atoms with Gasteiger partial charge >= 0.3 is 6.09 Å². The van der Waals surface area contributed by atoms with Crippen LogP contribution < -0.4 is 9.62 Å². The Balaban J connectivity index is 1.14. The van der Waals surface area contributed by atoms with Gasteiger partial charge in [0.2, 0.25) is 15.8 Å². The van der Waals surface area contributed by atoms with Crippen LogP contribution in [0.3, 0.4) is 0 Å². The first kappa shape index (κ1) is 30.0. The van der Waals surface area contributed by atoms with Crippen LogP contribution in [0.2, 0.25) is 0 Å². The molecule has 2 saturated heterocycles. The normalized spacial score (nSPS) is 16.6. The number of carbonyl (C=O) groups is 1. The Kier molecular flexibility index (Phi) is 9.14. The molecule has 0 unspecified atom stereocenters. The van der Waals surface area contributed by atoms with Crippen LogP contribution in [0.25, 0.3) is 22.8 Å². The number of aromatic nitrogens is 2. The molecule has 2 aliphatic heterocycles. The quantitative estimate of drug-likeness (QED) is 0.362. The first-order chi connectivity index (χ1) is 20.1. The Bertz CT molecular complexity index is 1440. The second-order valence-electron chi connectivity index (χ2n) is 11.7. The molecular formula is C30H40N6O5S. The molecular weight excluding hydrogens is 556 g/mol. The molecule has 0 saturated carbocycles. The molecule has 1 N–H and O–H groups in total. The number of anilines is 1. The standard InChI is InChI=1S/C30H40N6O5S/c1-30(2,3)40-29(37)36-21-19-35(20-22-36)25-11-7-23(8-12-25)27-32-28(41-33-27)24-9-13-26(14-10-24)42(38,39)31-15-6-18-34-16-4-5-17-34/h7-14,31H,4-6,15-22H2,1-3H3. The molecule has 1 aromatic heterocycles. The summed E-state index contributed by atoms with van der Waals surface area (Å²) in [7, 11) is -3.59. The van der Waals surface area contributed by atoms with Crippen LogP contribution in [0.15, 0.2) is 57.9 Å². The molecule has 0 spiro atoms. The zero-order valence-electron chi connectivity index (χ0n) is 24.6. The number of nitrogens with zero attached hydrogens (tertiary/aromatic N) is 5. The number of piperazine rings is 1. The second kappa shape index (κ2) is 12.8. The fraction of sp³-hybridized carbons (Fsp3) is 0.500. The molecule has 0 radical (unpaired) electrons. The van der Waals surface area contributed by atoms with Crippen molar-refractivity contribution >= 4 is 21.8 Å². The number of carbonyl (C=O) groups excluding carboxylic acids is 1. The number of rotatable bonds is 9. The molecule has 2 aromatic carbocycles. The maximum absolute atomic E-state index is 12.7. The van der Waals surface area contributed by atoms with Crippen molar-refractivity contribution in [3.63, 3.8) is 0 Å². The number of hydrogen-bond donors (Lipinski definition) is 1. The van der Waals surface area contributed by atoms with Gasteiger partial charge in [-0.3, -0.25) is 0 Å². The second-order valence-corrected chi connectivity index (χ2v) is 13.5. The third-order valence-corrected chi connectivity index (χ3v) is 8.88. The summed E-state index contributed by atoms with van der Waals surface area (Å²) < 4.78 is 39.1. The SMILES string of the molecule is CC(C)(C)OC(=O)N1CCN(c2ccc(-c3noc(-c4ccc(S(=O)(=O)NCCCN5CCCC5)cc4)n3)cc2)CC1. The minimum atomic E-state index is -3.59. The summed E-state index contributed by atoms with van der Waals surface area (Å²) in [5.41, 5.74) is 1.99. The van der Waals surface area contributed by atoms with Crippen molar-refractivity contribution in [2.24, 2.45) is 0 Å². The minimum Gasteiger partial charge on any atom is -0.444 e. The monoisotopic (exact) mass is 596 g/mol. The van der Waals surface area contributed by atoms with E-state index in [2.05, 4.69) is 24.7 Å². The van der Waals surface area contributed by atoms with Crippen LogP contribution in [0.1, 0.15) is 40.0 Å². The molecule has 3 heterocycles. The van der Waals surface area contributed by atoms with Gasteiger partial charge in [0, 0.05) is 49.5 Å². The van der Waals surface area contributed by atoms with Gasteiger partial charge in [0.05, 0.1) is 4.90 Å². The first-order valence-electron chi connectivity index (χ1n) is 14.6. The molecule has 0 bridgehead atoms. The number of ether oxygens (including phenoxy) is 1. The maximum Gasteiger partial charge on any atom is 0.410 e. The van der Waals surface area contributed by atoms with Crippen LogP contribution in [-0.2, 0) is 14.8 Å². The molecule has 11 nitrogen and oxygen atoms in total. The molecule has 2 aliphatic rings. The van der Waals surface area contributed by atoms with Crippen LogP contribution in [0, 0.1) is 0 Å². The number of likely N-dealkylation sites (tertiary alicyclic amines) is 1. The maximum atomic E-state index is 12.7. The van der Waals surface area contributed by atoms with Gasteiger partial charge in [-0.2, -0.15) is 4.98 Å². The van der Waals surface area contributed by atoms with E-state index in [1.165, 1.54) is 12.8 Å². The van der Waals surface area contributed by atoms with Crippen LogP contribution in [0.5, 0.6) is 0 Å². The van der Waals surface area contributed by atoms with Crippen molar-refractivity contribution in [2.45, 2.75) is 50.5 Å². The Hall–Kier alpha value is -3.48. The summed E-state index contributed by atoms with van der Waals surface area (Å²) in [4.78, 5) is 23.4. The fourth-order valence-corrected chi connectivity index (χ4v) is 6.20. The topological polar surface area (TPSA) is 121 Å². The van der Waals surface area contributed by atoms with Crippen molar-refractivity contribution in [3.05, 3.63) is 48.5 Å². The number of amides is 1. The molecule has 5 rings (SSSR count). The molecule has 2 fully saturated rings. The Morgan fingerprint density at radius 3 is 2.21 bits per heavy atom. The highest BCUT2D eigenvalue weighted by atomic mass is 32.2. The highest BCUT2D eigenvalue weighted by Crippen LogP contribution is 2.26. The minimum absolute atomic E-state index is 0.203. The van der Waals surface area contributed by atoms with Gasteiger partial charge in [0.1, 0.15) is 5.60 Å². The van der Waals surface area contributed by atoms with Gasteiger partial charge in [-0.1, -0.05) is 5.16 Å². The van der Waals surface area contributed by atoms with Crippen LogP contribution in [-0.4, -0.2) is 92.4 Å². The van der Waals surface area contributed by atoms with Gasteiger partial charge in [-0.25, -0.2) is 17.9 Å². The van der Waals surface area contributed by atoms with E-state index in [0.717, 1.165) is 37.3 Å². The van der Waals surface area contributed by atoms with Gasteiger partial charge in [0.15, 0.2) is 0 Å². The molecule has 12 heteroatoms. The van der Waals surface area contributed by atoms with E-state index in [1.54, 1.807) is 29.2 Å². The van der Waals surface area contributed by atoms with E-state index in [9.17, 15) is 13.2 Å². The van der Waals surface area contributed by atoms with Crippen molar-refractivity contribution in [2.75, 3.05) is 57.3 Å². The average Bonchev–Trinajstić information content (AvgIpc) is 3.68. The fourth-order valence-electron chi connectivity index (χ4n) is 5.13. The summed E-state index contributed by atoms with van der Waals surface area (Å²) in [6.07, 6.45) is 2.96. The van der Waals surface area contributed by atoms with Gasteiger partial charge < -0.3 is 24.0 Å². The third kappa shape index (κ3) is 7.67. The number of nitrogens with one attached hydrogen (secondary N) is 1. The van der Waals surface area contributed by atoms with Crippen LogP contribution in [0.4, 0.5) is 10.5 Å². The van der Waals surface area contributed by atoms with E-state index in [1.807, 2.05) is 45.0 Å². The third-order valence-electron chi connectivity index (χ3n) is 7.40. The predicted octanol–water partition coefficient (Wildman–Crippen LogP) is 4.22. The molecule has 1 amide bonds.